The minimum absolute atomic E-state index is 0.0913. The van der Waals surface area contributed by atoms with Gasteiger partial charge in [0.15, 0.2) is 0 Å². The molecule has 0 aliphatic heterocycles. The molecular weight excluding hydrogens is 453 g/mol. The van der Waals surface area contributed by atoms with Gasteiger partial charge in [-0.1, -0.05) is 36.9 Å². The predicted octanol–water partition coefficient (Wildman–Crippen LogP) is 4.30. The monoisotopic (exact) mass is 485 g/mol. The lowest BCUT2D eigenvalue weighted by Gasteiger charge is -2.33. The molecule has 0 spiro atoms. The quantitative estimate of drug-likeness (QED) is 0.566. The summed E-state index contributed by atoms with van der Waals surface area (Å²) in [7, 11) is -3.51. The Labute approximate surface area is 201 Å². The first kappa shape index (κ1) is 25.8. The molecule has 1 heterocycles. The smallest absolute Gasteiger partial charge is 0.257 e. The van der Waals surface area contributed by atoms with Crippen molar-refractivity contribution in [3.63, 3.8) is 0 Å². The summed E-state index contributed by atoms with van der Waals surface area (Å²) in [5, 5.41) is 0. The molecule has 0 amide bonds. The molecule has 6 nitrogen and oxygen atoms in total. The fraction of sp³-hybridized carbons (Fsp3) is 0.385. The van der Waals surface area contributed by atoms with Gasteiger partial charge in [0.05, 0.1) is 18.3 Å². The van der Waals surface area contributed by atoms with Gasteiger partial charge in [-0.15, -0.1) is 0 Å². The zero-order valence-electron chi connectivity index (χ0n) is 20.1. The number of fused-ring (bicyclic) bond motifs is 1. The van der Waals surface area contributed by atoms with Crippen LogP contribution >= 0.6 is 0 Å². The molecule has 1 aromatic carbocycles. The highest BCUT2D eigenvalue weighted by atomic mass is 32.2. The Morgan fingerprint density at radius 1 is 1.32 bits per heavy atom. The molecule has 1 aliphatic rings. The molecule has 2 unspecified atom stereocenters. The minimum atomic E-state index is -3.51. The zero-order valence-corrected chi connectivity index (χ0v) is 20.9. The van der Waals surface area contributed by atoms with E-state index in [2.05, 4.69) is 16.3 Å². The molecule has 1 aromatic heterocycles. The molecule has 0 saturated carbocycles. The fourth-order valence-corrected chi connectivity index (χ4v) is 5.27. The fourth-order valence-electron chi connectivity index (χ4n) is 4.44. The molecule has 3 rings (SSSR count). The van der Waals surface area contributed by atoms with E-state index in [1.165, 1.54) is 12.1 Å². The maximum absolute atomic E-state index is 14.6. The molecule has 182 valence electrons. The predicted molar refractivity (Wildman–Crippen MR) is 135 cm³/mol. The van der Waals surface area contributed by atoms with Crippen LogP contribution in [0.4, 0.5) is 4.39 Å². The van der Waals surface area contributed by atoms with Crippen LogP contribution in [0.25, 0.3) is 5.57 Å². The van der Waals surface area contributed by atoms with E-state index in [1.54, 1.807) is 23.0 Å². The average molecular weight is 486 g/mol. The van der Waals surface area contributed by atoms with E-state index >= 15 is 0 Å². The lowest BCUT2D eigenvalue weighted by atomic mass is 9.78. The maximum atomic E-state index is 14.6. The number of aryl methyl sites for hydroxylation is 1. The number of hydrogen-bond donors (Lipinski definition) is 1. The summed E-state index contributed by atoms with van der Waals surface area (Å²) < 4.78 is 43.1. The largest absolute Gasteiger partial charge is 0.296 e. The second kappa shape index (κ2) is 10.6. The number of nitrogens with one attached hydrogen (secondary N) is 1. The molecule has 1 N–H and O–H groups in total. The van der Waals surface area contributed by atoms with Gasteiger partial charge in [-0.2, -0.15) is 0 Å². The number of aromatic nitrogens is 2. The Bertz CT molecular complexity index is 1290. The van der Waals surface area contributed by atoms with Crippen molar-refractivity contribution in [2.45, 2.75) is 58.0 Å². The normalized spacial score (nSPS) is 18.9. The first-order chi connectivity index (χ1) is 16.0. The van der Waals surface area contributed by atoms with Crippen LogP contribution in [0, 0.1) is 5.82 Å². The first-order valence-corrected chi connectivity index (χ1v) is 13.2. The van der Waals surface area contributed by atoms with Crippen LogP contribution in [0.1, 0.15) is 61.5 Å². The van der Waals surface area contributed by atoms with Crippen LogP contribution in [0.2, 0.25) is 0 Å². The summed E-state index contributed by atoms with van der Waals surface area (Å²) in [6, 6.07) is 4.22. The third kappa shape index (κ3) is 6.18. The van der Waals surface area contributed by atoms with E-state index in [1.807, 2.05) is 39.0 Å². The van der Waals surface area contributed by atoms with Crippen LogP contribution in [0.5, 0.6) is 0 Å². The summed E-state index contributed by atoms with van der Waals surface area (Å²) in [4.78, 5) is 17.9. The number of allylic oxidation sites excluding steroid dienone is 5. The number of sulfonamides is 1. The SMILES string of the molecule is C=C/C=C\C=C(/C)c1cc(F)cc(CC2c3c(ncn(C(C)C)c3=O)CCC2NS(C)(=O)=O)c1. The molecule has 8 heteroatoms. The number of nitrogens with zero attached hydrogens (tertiary/aromatic N) is 2. The summed E-state index contributed by atoms with van der Waals surface area (Å²) >= 11 is 0. The van der Waals surface area contributed by atoms with Crippen molar-refractivity contribution in [2.75, 3.05) is 6.26 Å². The van der Waals surface area contributed by atoms with Crippen LogP contribution in [-0.4, -0.2) is 30.3 Å². The highest BCUT2D eigenvalue weighted by Gasteiger charge is 2.35. The van der Waals surface area contributed by atoms with Crippen molar-refractivity contribution in [2.24, 2.45) is 0 Å². The third-order valence-electron chi connectivity index (χ3n) is 6.05. The number of hydrogen-bond acceptors (Lipinski definition) is 4. The molecule has 0 saturated heterocycles. The second-order valence-corrected chi connectivity index (χ2v) is 10.9. The van der Waals surface area contributed by atoms with Crippen LogP contribution < -0.4 is 10.3 Å². The van der Waals surface area contributed by atoms with Crippen molar-refractivity contribution in [3.8, 4) is 0 Å². The second-order valence-electron chi connectivity index (χ2n) is 9.08. The van der Waals surface area contributed by atoms with Gasteiger partial charge in [-0.3, -0.25) is 9.36 Å². The van der Waals surface area contributed by atoms with Gasteiger partial charge in [0.2, 0.25) is 10.0 Å². The standard InChI is InChI=1S/C26H32FN3O3S/c1-6-7-8-9-18(4)20-12-19(13-21(27)15-20)14-22-23(29-34(5,32)33)10-11-24-25(22)26(31)30(16-28-24)17(2)3/h6-9,12-13,15-17,22-23,29H,1,10-11,14H2,2-5H3/b8-7-,18-9+. The highest BCUT2D eigenvalue weighted by molar-refractivity contribution is 7.88. The third-order valence-corrected chi connectivity index (χ3v) is 6.78. The molecule has 0 radical (unpaired) electrons. The Balaban J connectivity index is 2.10. The number of halogens is 1. The van der Waals surface area contributed by atoms with Crippen LogP contribution in [0.15, 0.2) is 60.2 Å². The molecule has 2 atom stereocenters. The van der Waals surface area contributed by atoms with Crippen molar-refractivity contribution in [1.82, 2.24) is 14.3 Å². The number of benzene rings is 1. The van der Waals surface area contributed by atoms with E-state index in [-0.39, 0.29) is 17.4 Å². The summed E-state index contributed by atoms with van der Waals surface area (Å²) in [5.41, 5.74) is 3.30. The van der Waals surface area contributed by atoms with Gasteiger partial charge in [0, 0.05) is 23.6 Å². The Hall–Kier alpha value is -2.84. The van der Waals surface area contributed by atoms with Crippen molar-refractivity contribution in [3.05, 3.63) is 94.0 Å². The Morgan fingerprint density at radius 2 is 2.06 bits per heavy atom. The number of rotatable bonds is 8. The van der Waals surface area contributed by atoms with Crippen LogP contribution in [-0.2, 0) is 22.9 Å². The van der Waals surface area contributed by atoms with E-state index in [0.717, 1.165) is 17.4 Å². The van der Waals surface area contributed by atoms with Gasteiger partial charge in [0.1, 0.15) is 5.82 Å². The highest BCUT2D eigenvalue weighted by Crippen LogP contribution is 2.33. The van der Waals surface area contributed by atoms with E-state index in [9.17, 15) is 17.6 Å². The van der Waals surface area contributed by atoms with Gasteiger partial charge in [-0.05, 0) is 68.9 Å². The molecule has 34 heavy (non-hydrogen) atoms. The van der Waals surface area contributed by atoms with E-state index in [0.29, 0.717) is 36.1 Å². The van der Waals surface area contributed by atoms with E-state index in [4.69, 9.17) is 0 Å². The van der Waals surface area contributed by atoms with Crippen molar-refractivity contribution >= 4 is 15.6 Å². The molecule has 0 fully saturated rings. The van der Waals surface area contributed by atoms with Gasteiger partial charge < -0.3 is 0 Å². The average Bonchev–Trinajstić information content (AvgIpc) is 2.74. The summed E-state index contributed by atoms with van der Waals surface area (Å²) in [6.07, 6.45) is 11.1. The Morgan fingerprint density at radius 3 is 2.71 bits per heavy atom. The van der Waals surface area contributed by atoms with Crippen LogP contribution in [0.3, 0.4) is 0 Å². The minimum Gasteiger partial charge on any atom is -0.296 e. The van der Waals surface area contributed by atoms with Crippen molar-refractivity contribution < 1.29 is 12.8 Å². The lowest BCUT2D eigenvalue weighted by Crippen LogP contribution is -2.45. The molecular formula is C26H32FN3O3S. The van der Waals surface area contributed by atoms with Gasteiger partial charge in [0.25, 0.3) is 5.56 Å². The lowest BCUT2D eigenvalue weighted by molar-refractivity contribution is 0.412. The van der Waals surface area contributed by atoms with Crippen molar-refractivity contribution in [1.29, 1.82) is 0 Å². The maximum Gasteiger partial charge on any atom is 0.257 e. The van der Waals surface area contributed by atoms with Gasteiger partial charge in [-0.25, -0.2) is 22.5 Å². The van der Waals surface area contributed by atoms with E-state index < -0.39 is 22.0 Å². The molecule has 0 bridgehead atoms. The molecule has 2 aromatic rings. The summed E-state index contributed by atoms with van der Waals surface area (Å²) in [5.74, 6) is -0.855. The van der Waals surface area contributed by atoms with Gasteiger partial charge >= 0.3 is 0 Å². The first-order valence-electron chi connectivity index (χ1n) is 11.3. The Kier molecular flexibility index (Phi) is 8.05. The molecule has 1 aliphatic carbocycles. The summed E-state index contributed by atoms with van der Waals surface area (Å²) in [6.45, 7) is 9.33. The topological polar surface area (TPSA) is 81.1 Å². The zero-order chi connectivity index (χ0) is 25.0.